The Bertz CT molecular complexity index is 437. The molecule has 0 aliphatic heterocycles. The molecule has 0 aromatic heterocycles. The molecule has 2 nitrogen and oxygen atoms in total. The van der Waals surface area contributed by atoms with Crippen molar-refractivity contribution in [1.82, 2.24) is 5.32 Å². The van der Waals surface area contributed by atoms with Crippen molar-refractivity contribution >= 4 is 18.5 Å². The van der Waals surface area contributed by atoms with Crippen LogP contribution in [-0.4, -0.2) is 17.6 Å². The van der Waals surface area contributed by atoms with Gasteiger partial charge in [0.05, 0.1) is 0 Å². The van der Waals surface area contributed by atoms with Gasteiger partial charge in [0.15, 0.2) is 0 Å². The Kier molecular flexibility index (Phi) is 2.85. The minimum absolute atomic E-state index is 0.0487. The topological polar surface area (TPSA) is 29.1 Å². The maximum Gasteiger partial charge on any atom is 0.411 e. The summed E-state index contributed by atoms with van der Waals surface area (Å²) < 4.78 is 37.8. The summed E-state index contributed by atoms with van der Waals surface area (Å²) in [6, 6.07) is 6.02. The van der Waals surface area contributed by atoms with Gasteiger partial charge in [-0.15, -0.1) is 12.6 Å². The predicted octanol–water partition coefficient (Wildman–Crippen LogP) is 2.80. The fourth-order valence-electron chi connectivity index (χ4n) is 1.51. The Labute approximate surface area is 102 Å². The number of thiol groups is 1. The van der Waals surface area contributed by atoms with Gasteiger partial charge in [0.1, 0.15) is 5.54 Å². The molecule has 1 amide bonds. The number of carbonyl (C=O) groups excluding carboxylic acids is 1. The van der Waals surface area contributed by atoms with E-state index in [0.717, 1.165) is 0 Å². The second-order valence-electron chi connectivity index (χ2n) is 4.08. The van der Waals surface area contributed by atoms with Crippen LogP contribution in [0.15, 0.2) is 29.2 Å². The normalized spacial score (nSPS) is 17.6. The molecule has 1 saturated carbocycles. The third kappa shape index (κ3) is 2.41. The third-order valence-electron chi connectivity index (χ3n) is 2.77. The SMILES string of the molecule is O=C(NC1(C(F)(F)F)CC1)c1ccc(S)cc1. The van der Waals surface area contributed by atoms with Gasteiger partial charge in [0, 0.05) is 10.5 Å². The molecule has 1 fully saturated rings. The lowest BCUT2D eigenvalue weighted by atomic mass is 10.2. The molecule has 1 aromatic carbocycles. The van der Waals surface area contributed by atoms with Crippen LogP contribution >= 0.6 is 12.6 Å². The first-order valence-corrected chi connectivity index (χ1v) is 5.47. The van der Waals surface area contributed by atoms with Gasteiger partial charge in [0.2, 0.25) is 0 Å². The van der Waals surface area contributed by atoms with Crippen LogP contribution in [0.1, 0.15) is 23.2 Å². The Balaban J connectivity index is 2.10. The number of hydrogen-bond donors (Lipinski definition) is 2. The number of rotatable bonds is 2. The van der Waals surface area contributed by atoms with E-state index in [0.29, 0.717) is 4.90 Å². The molecule has 6 heteroatoms. The molecular weight excluding hydrogens is 251 g/mol. The summed E-state index contributed by atoms with van der Waals surface area (Å²) in [4.78, 5) is 12.3. The molecule has 1 N–H and O–H groups in total. The third-order valence-corrected chi connectivity index (χ3v) is 3.07. The summed E-state index contributed by atoms with van der Waals surface area (Å²) in [5, 5.41) is 2.05. The average Bonchev–Trinajstić information content (AvgIpc) is 2.98. The standard InChI is InChI=1S/C11H10F3NOS/c12-11(13,14)10(5-6-10)15-9(16)7-1-3-8(17)4-2-7/h1-4,17H,5-6H2,(H,15,16). The summed E-state index contributed by atoms with van der Waals surface area (Å²) in [7, 11) is 0. The van der Waals surface area contributed by atoms with Crippen LogP contribution in [0.25, 0.3) is 0 Å². The minimum Gasteiger partial charge on any atom is -0.338 e. The van der Waals surface area contributed by atoms with E-state index in [4.69, 9.17) is 0 Å². The van der Waals surface area contributed by atoms with Crippen LogP contribution in [0.3, 0.4) is 0 Å². The molecule has 2 rings (SSSR count). The first-order chi connectivity index (χ1) is 7.84. The van der Waals surface area contributed by atoms with E-state index >= 15 is 0 Å². The van der Waals surface area contributed by atoms with E-state index in [1.54, 1.807) is 12.1 Å². The van der Waals surface area contributed by atoms with E-state index in [2.05, 4.69) is 17.9 Å². The van der Waals surface area contributed by atoms with Gasteiger partial charge in [-0.1, -0.05) is 0 Å². The lowest BCUT2D eigenvalue weighted by Gasteiger charge is -2.20. The largest absolute Gasteiger partial charge is 0.411 e. The van der Waals surface area contributed by atoms with E-state index in [1.807, 2.05) is 0 Å². The zero-order chi connectivity index (χ0) is 12.7. The van der Waals surface area contributed by atoms with Crippen molar-refractivity contribution in [2.24, 2.45) is 0 Å². The first kappa shape index (κ1) is 12.3. The Morgan fingerprint density at radius 3 is 2.18 bits per heavy atom. The highest BCUT2D eigenvalue weighted by atomic mass is 32.1. The van der Waals surface area contributed by atoms with Gasteiger partial charge in [-0.2, -0.15) is 13.2 Å². The highest BCUT2D eigenvalue weighted by molar-refractivity contribution is 7.80. The minimum atomic E-state index is -4.38. The monoisotopic (exact) mass is 261 g/mol. The van der Waals surface area contributed by atoms with Crippen molar-refractivity contribution < 1.29 is 18.0 Å². The average molecular weight is 261 g/mol. The molecule has 0 radical (unpaired) electrons. The fraction of sp³-hybridized carbons (Fsp3) is 0.364. The number of carbonyl (C=O) groups is 1. The zero-order valence-corrected chi connectivity index (χ0v) is 9.61. The summed E-state index contributed by atoms with van der Waals surface area (Å²) in [5.41, 5.74) is -1.80. The van der Waals surface area contributed by atoms with Gasteiger partial charge in [-0.3, -0.25) is 4.79 Å². The fourth-order valence-corrected chi connectivity index (χ4v) is 1.66. The molecule has 0 heterocycles. The van der Waals surface area contributed by atoms with E-state index in [-0.39, 0.29) is 18.4 Å². The number of hydrogen-bond acceptors (Lipinski definition) is 2. The highest BCUT2D eigenvalue weighted by Gasteiger charge is 2.64. The molecule has 0 bridgehead atoms. The van der Waals surface area contributed by atoms with Crippen molar-refractivity contribution in [2.45, 2.75) is 29.5 Å². The van der Waals surface area contributed by atoms with Crippen LogP contribution < -0.4 is 5.32 Å². The van der Waals surface area contributed by atoms with Crippen LogP contribution in [0.5, 0.6) is 0 Å². The van der Waals surface area contributed by atoms with Gasteiger partial charge in [0.25, 0.3) is 5.91 Å². The highest BCUT2D eigenvalue weighted by Crippen LogP contribution is 2.49. The second kappa shape index (κ2) is 3.94. The van der Waals surface area contributed by atoms with E-state index in [1.165, 1.54) is 12.1 Å². The number of nitrogens with one attached hydrogen (secondary N) is 1. The van der Waals surface area contributed by atoms with Crippen LogP contribution in [0, 0.1) is 0 Å². The molecule has 0 spiro atoms. The van der Waals surface area contributed by atoms with E-state index < -0.39 is 17.6 Å². The zero-order valence-electron chi connectivity index (χ0n) is 8.71. The molecule has 17 heavy (non-hydrogen) atoms. The summed E-state index contributed by atoms with van der Waals surface area (Å²) in [6.07, 6.45) is -4.48. The Morgan fingerprint density at radius 2 is 1.76 bits per heavy atom. The van der Waals surface area contributed by atoms with E-state index in [9.17, 15) is 18.0 Å². The van der Waals surface area contributed by atoms with Crippen molar-refractivity contribution in [2.75, 3.05) is 0 Å². The molecule has 92 valence electrons. The smallest absolute Gasteiger partial charge is 0.338 e. The predicted molar refractivity (Wildman–Crippen MR) is 59.2 cm³/mol. The van der Waals surface area contributed by atoms with Gasteiger partial charge in [-0.25, -0.2) is 0 Å². The quantitative estimate of drug-likeness (QED) is 0.787. The molecular formula is C11H10F3NOS. The summed E-state index contributed by atoms with van der Waals surface area (Å²) in [6.45, 7) is 0. The molecule has 0 atom stereocenters. The number of alkyl halides is 3. The molecule has 0 unspecified atom stereocenters. The molecule has 1 aliphatic carbocycles. The molecule has 1 aromatic rings. The van der Waals surface area contributed by atoms with Crippen LogP contribution in [-0.2, 0) is 0 Å². The van der Waals surface area contributed by atoms with Crippen LogP contribution in [0.4, 0.5) is 13.2 Å². The van der Waals surface area contributed by atoms with Gasteiger partial charge < -0.3 is 5.32 Å². The summed E-state index contributed by atoms with van der Waals surface area (Å²) in [5.74, 6) is -0.701. The molecule has 0 saturated heterocycles. The van der Waals surface area contributed by atoms with Crippen LogP contribution in [0.2, 0.25) is 0 Å². The number of amides is 1. The van der Waals surface area contributed by atoms with Crippen molar-refractivity contribution in [1.29, 1.82) is 0 Å². The number of halogens is 3. The summed E-state index contributed by atoms with van der Waals surface area (Å²) >= 11 is 4.03. The molecule has 1 aliphatic rings. The maximum atomic E-state index is 12.6. The Morgan fingerprint density at radius 1 is 1.24 bits per heavy atom. The van der Waals surface area contributed by atoms with Crippen molar-refractivity contribution in [3.8, 4) is 0 Å². The maximum absolute atomic E-state index is 12.6. The second-order valence-corrected chi connectivity index (χ2v) is 4.60. The van der Waals surface area contributed by atoms with Crippen molar-refractivity contribution in [3.63, 3.8) is 0 Å². The lowest BCUT2D eigenvalue weighted by molar-refractivity contribution is -0.163. The lowest BCUT2D eigenvalue weighted by Crippen LogP contribution is -2.47. The van der Waals surface area contributed by atoms with Crippen molar-refractivity contribution in [3.05, 3.63) is 29.8 Å². The van der Waals surface area contributed by atoms with Gasteiger partial charge >= 0.3 is 6.18 Å². The number of benzene rings is 1. The first-order valence-electron chi connectivity index (χ1n) is 5.02. The van der Waals surface area contributed by atoms with Gasteiger partial charge in [-0.05, 0) is 37.1 Å². The Hall–Kier alpha value is -1.17.